The Hall–Kier alpha value is -1.43. The molecule has 1 aromatic heterocycles. The molecule has 5 heteroatoms. The van der Waals surface area contributed by atoms with Crippen LogP contribution in [0.3, 0.4) is 0 Å². The maximum absolute atomic E-state index is 10.1. The molecule has 1 spiro atoms. The molecule has 1 atom stereocenters. The number of β-amino-alcohol motifs (C(OH)–C–C–N with tert-alkyl or cyclic N) is 1. The van der Waals surface area contributed by atoms with Gasteiger partial charge < -0.3 is 10.0 Å². The van der Waals surface area contributed by atoms with Gasteiger partial charge in [-0.1, -0.05) is 18.2 Å². The average Bonchev–Trinajstić information content (AvgIpc) is 2.92. The number of aromatic nitrogens is 2. The van der Waals surface area contributed by atoms with E-state index in [2.05, 4.69) is 45.2 Å². The van der Waals surface area contributed by atoms with E-state index < -0.39 is 0 Å². The molecule has 0 radical (unpaired) electrons. The lowest BCUT2D eigenvalue weighted by atomic mass is 9.72. The van der Waals surface area contributed by atoms with Crippen LogP contribution < -0.4 is 0 Å². The van der Waals surface area contributed by atoms with Gasteiger partial charge in [0, 0.05) is 25.0 Å². The van der Waals surface area contributed by atoms with Crippen LogP contribution in [0.15, 0.2) is 24.3 Å². The first kappa shape index (κ1) is 15.1. The van der Waals surface area contributed by atoms with Crippen molar-refractivity contribution in [2.75, 3.05) is 33.2 Å². The van der Waals surface area contributed by atoms with Crippen LogP contribution >= 0.6 is 0 Å². The number of likely N-dealkylation sites (N-methyl/N-ethyl adjacent to an activating group) is 1. The van der Waals surface area contributed by atoms with Crippen LogP contribution in [0, 0.1) is 5.41 Å². The number of para-hydroxylation sites is 1. The van der Waals surface area contributed by atoms with Gasteiger partial charge in [-0.3, -0.25) is 10.00 Å². The van der Waals surface area contributed by atoms with Crippen LogP contribution in [-0.2, 0) is 6.54 Å². The highest BCUT2D eigenvalue weighted by molar-refractivity contribution is 5.81. The molecule has 2 fully saturated rings. The van der Waals surface area contributed by atoms with Crippen molar-refractivity contribution in [1.29, 1.82) is 0 Å². The van der Waals surface area contributed by atoms with E-state index in [1.165, 1.54) is 23.9 Å². The average molecular weight is 314 g/mol. The number of nitrogens with zero attached hydrogens (tertiary/aromatic N) is 3. The Morgan fingerprint density at radius 1 is 1.30 bits per heavy atom. The number of aromatic amines is 1. The van der Waals surface area contributed by atoms with E-state index in [4.69, 9.17) is 0 Å². The summed E-state index contributed by atoms with van der Waals surface area (Å²) in [5, 5.41) is 19.0. The van der Waals surface area contributed by atoms with E-state index in [-0.39, 0.29) is 6.10 Å². The summed E-state index contributed by atoms with van der Waals surface area (Å²) in [4.78, 5) is 4.82. The number of rotatable bonds is 2. The Kier molecular flexibility index (Phi) is 3.87. The summed E-state index contributed by atoms with van der Waals surface area (Å²) in [6.07, 6.45) is 3.18. The molecular weight excluding hydrogens is 288 g/mol. The van der Waals surface area contributed by atoms with Crippen LogP contribution in [0.1, 0.15) is 25.0 Å². The lowest BCUT2D eigenvalue weighted by Gasteiger charge is -2.48. The Labute approximate surface area is 137 Å². The first-order valence-electron chi connectivity index (χ1n) is 8.65. The number of H-pyrrole nitrogens is 1. The maximum Gasteiger partial charge on any atom is 0.0924 e. The molecule has 124 valence electrons. The fourth-order valence-corrected chi connectivity index (χ4v) is 4.53. The van der Waals surface area contributed by atoms with E-state index >= 15 is 0 Å². The van der Waals surface area contributed by atoms with Crippen molar-refractivity contribution < 1.29 is 5.11 Å². The fraction of sp³-hybridized carbons (Fsp3) is 0.611. The van der Waals surface area contributed by atoms with Gasteiger partial charge in [-0.15, -0.1) is 0 Å². The number of benzene rings is 1. The summed E-state index contributed by atoms with van der Waals surface area (Å²) in [5.41, 5.74) is 2.59. The largest absolute Gasteiger partial charge is 0.392 e. The molecule has 0 aliphatic carbocycles. The predicted octanol–water partition coefficient (Wildman–Crippen LogP) is 1.84. The SMILES string of the molecule is CN1CC(O)CC2(CCN(Cc3[nH]nc4ccccc34)CC2)C1. The van der Waals surface area contributed by atoms with E-state index in [1.54, 1.807) is 0 Å². The molecule has 2 N–H and O–H groups in total. The van der Waals surface area contributed by atoms with Gasteiger partial charge in [0.25, 0.3) is 0 Å². The van der Waals surface area contributed by atoms with Crippen LogP contribution in [0.25, 0.3) is 10.9 Å². The van der Waals surface area contributed by atoms with Crippen molar-refractivity contribution in [2.24, 2.45) is 5.41 Å². The Balaban J connectivity index is 1.42. The second kappa shape index (κ2) is 5.89. The molecule has 1 aromatic carbocycles. The highest BCUT2D eigenvalue weighted by atomic mass is 16.3. The Morgan fingerprint density at radius 3 is 2.87 bits per heavy atom. The smallest absolute Gasteiger partial charge is 0.0924 e. The second-order valence-electron chi connectivity index (χ2n) is 7.55. The van der Waals surface area contributed by atoms with Crippen LogP contribution in [0.5, 0.6) is 0 Å². The molecule has 2 aromatic rings. The van der Waals surface area contributed by atoms with E-state index in [0.717, 1.165) is 44.7 Å². The van der Waals surface area contributed by atoms with Gasteiger partial charge in [-0.05, 0) is 50.9 Å². The number of aliphatic hydroxyl groups is 1. The third-order valence-corrected chi connectivity index (χ3v) is 5.64. The summed E-state index contributed by atoms with van der Waals surface area (Å²) in [6.45, 7) is 5.10. The Bertz CT molecular complexity index is 662. The lowest BCUT2D eigenvalue weighted by molar-refractivity contribution is -0.0331. The number of hydrogen-bond donors (Lipinski definition) is 2. The summed E-state index contributed by atoms with van der Waals surface area (Å²) in [6, 6.07) is 8.31. The molecule has 2 aliphatic rings. The number of aliphatic hydroxyl groups excluding tert-OH is 1. The molecule has 2 saturated heterocycles. The van der Waals surface area contributed by atoms with Crippen molar-refractivity contribution in [2.45, 2.75) is 31.9 Å². The number of likely N-dealkylation sites (tertiary alicyclic amines) is 2. The van der Waals surface area contributed by atoms with Gasteiger partial charge in [0.15, 0.2) is 0 Å². The highest BCUT2D eigenvalue weighted by Crippen LogP contribution is 2.39. The molecule has 23 heavy (non-hydrogen) atoms. The van der Waals surface area contributed by atoms with Gasteiger partial charge in [0.1, 0.15) is 0 Å². The van der Waals surface area contributed by atoms with Crippen LogP contribution in [0.2, 0.25) is 0 Å². The van der Waals surface area contributed by atoms with Gasteiger partial charge in [0.2, 0.25) is 0 Å². The quantitative estimate of drug-likeness (QED) is 0.888. The van der Waals surface area contributed by atoms with Gasteiger partial charge in [-0.25, -0.2) is 0 Å². The summed E-state index contributed by atoms with van der Waals surface area (Å²) in [7, 11) is 2.13. The molecule has 4 rings (SSSR count). The minimum absolute atomic E-state index is 0.156. The lowest BCUT2D eigenvalue weighted by Crippen LogP contribution is -2.52. The maximum atomic E-state index is 10.1. The molecule has 1 unspecified atom stereocenters. The molecule has 0 bridgehead atoms. The number of hydrogen-bond acceptors (Lipinski definition) is 4. The first-order chi connectivity index (χ1) is 11.1. The van der Waals surface area contributed by atoms with Gasteiger partial charge >= 0.3 is 0 Å². The zero-order chi connectivity index (χ0) is 15.9. The number of fused-ring (bicyclic) bond motifs is 1. The molecule has 0 saturated carbocycles. The zero-order valence-electron chi connectivity index (χ0n) is 13.8. The topological polar surface area (TPSA) is 55.4 Å². The molecule has 5 nitrogen and oxygen atoms in total. The van der Waals surface area contributed by atoms with Crippen molar-refractivity contribution in [3.05, 3.63) is 30.0 Å². The summed E-state index contributed by atoms with van der Waals surface area (Å²) in [5.74, 6) is 0. The van der Waals surface area contributed by atoms with Crippen molar-refractivity contribution in [3.8, 4) is 0 Å². The molecule has 0 amide bonds. The van der Waals surface area contributed by atoms with Crippen molar-refractivity contribution in [1.82, 2.24) is 20.0 Å². The number of piperidine rings is 2. The van der Waals surface area contributed by atoms with Gasteiger partial charge in [0.05, 0.1) is 17.3 Å². The van der Waals surface area contributed by atoms with E-state index in [9.17, 15) is 5.11 Å². The van der Waals surface area contributed by atoms with Crippen LogP contribution in [-0.4, -0.2) is 64.4 Å². The minimum Gasteiger partial charge on any atom is -0.392 e. The standard InChI is InChI=1S/C18H26N4O/c1-21-11-14(23)10-18(13-21)6-8-22(9-7-18)12-17-15-4-2-3-5-16(15)19-20-17/h2-5,14,23H,6-13H2,1H3,(H,19,20). The molecule has 2 aliphatic heterocycles. The molecular formula is C18H26N4O. The third kappa shape index (κ3) is 3.01. The molecule has 3 heterocycles. The highest BCUT2D eigenvalue weighted by Gasteiger charge is 2.40. The second-order valence-corrected chi connectivity index (χ2v) is 7.55. The monoisotopic (exact) mass is 314 g/mol. The minimum atomic E-state index is -0.156. The Morgan fingerprint density at radius 2 is 2.09 bits per heavy atom. The predicted molar refractivity (Wildman–Crippen MR) is 91.2 cm³/mol. The van der Waals surface area contributed by atoms with Crippen molar-refractivity contribution >= 4 is 10.9 Å². The summed E-state index contributed by atoms with van der Waals surface area (Å²) < 4.78 is 0. The fourth-order valence-electron chi connectivity index (χ4n) is 4.53. The van der Waals surface area contributed by atoms with Crippen LogP contribution in [0.4, 0.5) is 0 Å². The normalized spacial score (nSPS) is 26.1. The van der Waals surface area contributed by atoms with Crippen molar-refractivity contribution in [3.63, 3.8) is 0 Å². The van der Waals surface area contributed by atoms with Gasteiger partial charge in [-0.2, -0.15) is 5.10 Å². The van der Waals surface area contributed by atoms with E-state index in [0.29, 0.717) is 5.41 Å². The van der Waals surface area contributed by atoms with E-state index in [1.807, 2.05) is 6.07 Å². The number of nitrogens with one attached hydrogen (secondary N) is 1. The zero-order valence-corrected chi connectivity index (χ0v) is 13.8. The third-order valence-electron chi connectivity index (χ3n) is 5.64. The summed E-state index contributed by atoms with van der Waals surface area (Å²) >= 11 is 0. The first-order valence-corrected chi connectivity index (χ1v) is 8.65.